The molecule has 0 aliphatic rings. The average molecular weight is 269 g/mol. The van der Waals surface area contributed by atoms with Crippen LogP contribution in [-0.2, 0) is 6.54 Å². The molecular weight excluding hydrogens is 250 g/mol. The minimum Gasteiger partial charge on any atom is -0.459 e. The molecule has 2 N–H and O–H groups in total. The highest BCUT2D eigenvalue weighted by Gasteiger charge is 2.13. The molecule has 4 nitrogen and oxygen atoms in total. The molecule has 0 radical (unpaired) electrons. The zero-order chi connectivity index (χ0) is 14.1. The molecule has 1 atom stereocenters. The van der Waals surface area contributed by atoms with Crippen LogP contribution in [0, 0.1) is 13.8 Å². The summed E-state index contributed by atoms with van der Waals surface area (Å²) < 4.78 is 5.87. The van der Waals surface area contributed by atoms with E-state index in [0.717, 1.165) is 34.7 Å². The van der Waals surface area contributed by atoms with E-state index in [1.807, 2.05) is 32.0 Å². The second-order valence-electron chi connectivity index (χ2n) is 5.20. The van der Waals surface area contributed by atoms with Crippen molar-refractivity contribution in [2.24, 2.45) is 0 Å². The number of aromatic amines is 1. The van der Waals surface area contributed by atoms with E-state index in [2.05, 4.69) is 34.6 Å². The molecule has 3 rings (SSSR count). The summed E-state index contributed by atoms with van der Waals surface area (Å²) in [5.74, 6) is 0.963. The van der Waals surface area contributed by atoms with Crippen LogP contribution >= 0.6 is 0 Å². The van der Waals surface area contributed by atoms with Crippen molar-refractivity contribution in [3.63, 3.8) is 0 Å². The molecule has 0 amide bonds. The van der Waals surface area contributed by atoms with Gasteiger partial charge in [0.1, 0.15) is 11.3 Å². The molecule has 104 valence electrons. The number of rotatable bonds is 4. The molecule has 0 aliphatic heterocycles. The van der Waals surface area contributed by atoms with E-state index in [4.69, 9.17) is 4.42 Å². The minimum absolute atomic E-state index is 0.163. The molecular formula is C16H19N3O. The molecule has 1 aromatic carbocycles. The van der Waals surface area contributed by atoms with Gasteiger partial charge in [-0.1, -0.05) is 18.2 Å². The normalized spacial score (nSPS) is 12.9. The first-order chi connectivity index (χ1) is 9.65. The molecule has 0 bridgehead atoms. The molecule has 3 aromatic rings. The minimum atomic E-state index is 0.163. The second kappa shape index (κ2) is 5.13. The van der Waals surface area contributed by atoms with Crippen LogP contribution in [0.2, 0.25) is 0 Å². The Morgan fingerprint density at radius 2 is 2.10 bits per heavy atom. The third-order valence-electron chi connectivity index (χ3n) is 3.74. The van der Waals surface area contributed by atoms with E-state index in [1.165, 1.54) is 5.56 Å². The van der Waals surface area contributed by atoms with Gasteiger partial charge in [-0.2, -0.15) is 5.10 Å². The maximum Gasteiger partial charge on any atom is 0.134 e. The van der Waals surface area contributed by atoms with Gasteiger partial charge in [0, 0.05) is 23.2 Å². The number of hydrogen-bond donors (Lipinski definition) is 2. The Hall–Kier alpha value is -2.07. The molecule has 20 heavy (non-hydrogen) atoms. The van der Waals surface area contributed by atoms with Crippen LogP contribution < -0.4 is 5.32 Å². The van der Waals surface area contributed by atoms with E-state index in [9.17, 15) is 0 Å². The van der Waals surface area contributed by atoms with Crippen molar-refractivity contribution in [2.75, 3.05) is 0 Å². The fourth-order valence-electron chi connectivity index (χ4n) is 2.41. The van der Waals surface area contributed by atoms with Crippen molar-refractivity contribution in [3.05, 3.63) is 53.0 Å². The lowest BCUT2D eigenvalue weighted by Gasteiger charge is -2.11. The van der Waals surface area contributed by atoms with Crippen LogP contribution in [0.5, 0.6) is 0 Å². The number of nitrogens with one attached hydrogen (secondary N) is 2. The molecule has 2 heterocycles. The third kappa shape index (κ3) is 2.34. The zero-order valence-electron chi connectivity index (χ0n) is 12.0. The van der Waals surface area contributed by atoms with Gasteiger partial charge in [0.2, 0.25) is 0 Å². The van der Waals surface area contributed by atoms with Gasteiger partial charge in [0.05, 0.1) is 11.7 Å². The van der Waals surface area contributed by atoms with Crippen molar-refractivity contribution >= 4 is 11.0 Å². The van der Waals surface area contributed by atoms with E-state index in [1.54, 1.807) is 0 Å². The van der Waals surface area contributed by atoms with Crippen LogP contribution in [0.4, 0.5) is 0 Å². The van der Waals surface area contributed by atoms with Gasteiger partial charge in [-0.3, -0.25) is 5.10 Å². The van der Waals surface area contributed by atoms with Crippen molar-refractivity contribution in [2.45, 2.75) is 33.4 Å². The van der Waals surface area contributed by atoms with Gasteiger partial charge in [0.15, 0.2) is 0 Å². The number of benzene rings is 1. The summed E-state index contributed by atoms with van der Waals surface area (Å²) in [5.41, 5.74) is 4.33. The Labute approximate surface area is 118 Å². The number of fused-ring (bicyclic) bond motifs is 1. The molecule has 0 saturated heterocycles. The quantitative estimate of drug-likeness (QED) is 0.760. The predicted octanol–water partition coefficient (Wildman–Crippen LogP) is 3.62. The number of para-hydroxylation sites is 1. The number of nitrogens with zero attached hydrogens (tertiary/aromatic N) is 1. The number of hydrogen-bond acceptors (Lipinski definition) is 3. The van der Waals surface area contributed by atoms with Crippen LogP contribution in [0.25, 0.3) is 11.0 Å². The summed E-state index contributed by atoms with van der Waals surface area (Å²) >= 11 is 0. The Morgan fingerprint density at radius 1 is 1.30 bits per heavy atom. The molecule has 1 unspecified atom stereocenters. The Balaban J connectivity index is 1.74. The Kier molecular flexibility index (Phi) is 3.32. The first-order valence-corrected chi connectivity index (χ1v) is 6.87. The topological polar surface area (TPSA) is 53.9 Å². The number of H-pyrrole nitrogens is 1. The summed E-state index contributed by atoms with van der Waals surface area (Å²) in [6.07, 6.45) is 0. The Morgan fingerprint density at radius 3 is 2.80 bits per heavy atom. The van der Waals surface area contributed by atoms with Crippen molar-refractivity contribution in [1.82, 2.24) is 15.5 Å². The maximum absolute atomic E-state index is 5.87. The first-order valence-electron chi connectivity index (χ1n) is 6.87. The van der Waals surface area contributed by atoms with Gasteiger partial charge in [-0.15, -0.1) is 0 Å². The van der Waals surface area contributed by atoms with Gasteiger partial charge >= 0.3 is 0 Å². The molecule has 0 fully saturated rings. The number of aryl methyl sites for hydroxylation is 2. The fourth-order valence-corrected chi connectivity index (χ4v) is 2.41. The van der Waals surface area contributed by atoms with Crippen LogP contribution in [0.15, 0.2) is 34.7 Å². The maximum atomic E-state index is 5.87. The second-order valence-corrected chi connectivity index (χ2v) is 5.20. The average Bonchev–Trinajstić information content (AvgIpc) is 3.01. The lowest BCUT2D eigenvalue weighted by molar-refractivity contribution is 0.450. The van der Waals surface area contributed by atoms with Crippen molar-refractivity contribution in [1.29, 1.82) is 0 Å². The van der Waals surface area contributed by atoms with Crippen LogP contribution in [0.3, 0.4) is 0 Å². The van der Waals surface area contributed by atoms with E-state index in [-0.39, 0.29) is 6.04 Å². The van der Waals surface area contributed by atoms with Crippen LogP contribution in [0.1, 0.15) is 35.7 Å². The molecule has 2 aromatic heterocycles. The molecule has 4 heteroatoms. The van der Waals surface area contributed by atoms with Crippen molar-refractivity contribution in [3.8, 4) is 0 Å². The summed E-state index contributed by atoms with van der Waals surface area (Å²) in [5, 5.41) is 11.9. The summed E-state index contributed by atoms with van der Waals surface area (Å²) in [7, 11) is 0. The molecule has 0 saturated carbocycles. The summed E-state index contributed by atoms with van der Waals surface area (Å²) in [6.45, 7) is 6.96. The van der Waals surface area contributed by atoms with Gasteiger partial charge in [0.25, 0.3) is 0 Å². The SMILES string of the molecule is Cc1n[nH]c(C)c1CNC(C)c1cc2ccccc2o1. The highest BCUT2D eigenvalue weighted by Crippen LogP contribution is 2.24. The van der Waals surface area contributed by atoms with E-state index >= 15 is 0 Å². The van der Waals surface area contributed by atoms with Gasteiger partial charge in [-0.05, 0) is 32.9 Å². The highest BCUT2D eigenvalue weighted by atomic mass is 16.3. The third-order valence-corrected chi connectivity index (χ3v) is 3.74. The van der Waals surface area contributed by atoms with Gasteiger partial charge in [-0.25, -0.2) is 0 Å². The standard InChI is InChI=1S/C16H19N3O/c1-10-14(11(2)19-18-10)9-17-12(3)16-8-13-6-4-5-7-15(13)20-16/h4-8,12,17H,9H2,1-3H3,(H,18,19). The van der Waals surface area contributed by atoms with Crippen molar-refractivity contribution < 1.29 is 4.42 Å². The zero-order valence-corrected chi connectivity index (χ0v) is 12.0. The van der Waals surface area contributed by atoms with Crippen LogP contribution in [-0.4, -0.2) is 10.2 Å². The lowest BCUT2D eigenvalue weighted by atomic mass is 10.1. The summed E-state index contributed by atoms with van der Waals surface area (Å²) in [4.78, 5) is 0. The fraction of sp³-hybridized carbons (Fsp3) is 0.312. The Bertz CT molecular complexity index is 674. The smallest absolute Gasteiger partial charge is 0.134 e. The molecule has 0 spiro atoms. The highest BCUT2D eigenvalue weighted by molar-refractivity contribution is 5.77. The van der Waals surface area contributed by atoms with Gasteiger partial charge < -0.3 is 9.73 Å². The number of furan rings is 1. The lowest BCUT2D eigenvalue weighted by Crippen LogP contribution is -2.18. The summed E-state index contributed by atoms with van der Waals surface area (Å²) in [6, 6.07) is 10.3. The largest absolute Gasteiger partial charge is 0.459 e. The predicted molar refractivity (Wildman–Crippen MR) is 79.5 cm³/mol. The monoisotopic (exact) mass is 269 g/mol. The first kappa shape index (κ1) is 12.9. The van der Waals surface area contributed by atoms with E-state index in [0.29, 0.717) is 0 Å². The van der Waals surface area contributed by atoms with E-state index < -0.39 is 0 Å². The molecule has 0 aliphatic carbocycles. The number of aromatic nitrogens is 2.